The SMILES string of the molecule is CCCCCCCCCCCCCCCCCCC1=NC=C[N+]1(CCO)CCCC.[Cl-].c1ccc2ncccc2c1. The largest absolute Gasteiger partial charge is 1.00 e. The highest BCUT2D eigenvalue weighted by Crippen LogP contribution is 2.22. The first kappa shape index (κ1) is 37.3. The summed E-state index contributed by atoms with van der Waals surface area (Å²) in [4.78, 5) is 8.85. The number of nitrogens with zero attached hydrogens (tertiary/aromatic N) is 3. The number of aliphatic hydroxyl groups excluding tert-OH is 1. The van der Waals surface area contributed by atoms with Crippen LogP contribution in [0.2, 0.25) is 0 Å². The zero-order valence-electron chi connectivity index (χ0n) is 26.4. The summed E-state index contributed by atoms with van der Waals surface area (Å²) in [5.41, 5.74) is 1.06. The maximum absolute atomic E-state index is 9.52. The summed E-state index contributed by atoms with van der Waals surface area (Å²) in [5, 5.41) is 10.7. The topological polar surface area (TPSA) is 45.5 Å². The molecule has 3 rings (SSSR count). The molecule has 1 aliphatic rings. The highest BCUT2D eigenvalue weighted by molar-refractivity contribution is 5.78. The van der Waals surface area contributed by atoms with Crippen LogP contribution in [0.15, 0.2) is 60.0 Å². The number of hydrogen-bond acceptors (Lipinski definition) is 3. The van der Waals surface area contributed by atoms with Crippen LogP contribution >= 0.6 is 0 Å². The molecule has 0 aliphatic carbocycles. The van der Waals surface area contributed by atoms with Gasteiger partial charge in [-0.05, 0) is 25.0 Å². The summed E-state index contributed by atoms with van der Waals surface area (Å²) < 4.78 is 0.809. The molecule has 1 aromatic carbocycles. The van der Waals surface area contributed by atoms with Crippen LogP contribution in [0, 0.1) is 0 Å². The zero-order valence-corrected chi connectivity index (χ0v) is 27.2. The minimum absolute atomic E-state index is 0. The van der Waals surface area contributed by atoms with Crippen molar-refractivity contribution < 1.29 is 22.0 Å². The number of unbranched alkanes of at least 4 members (excludes halogenated alkanes) is 16. The number of aromatic nitrogens is 1. The smallest absolute Gasteiger partial charge is 0.207 e. The van der Waals surface area contributed by atoms with Gasteiger partial charge in [-0.2, -0.15) is 0 Å². The number of rotatable bonds is 22. The van der Waals surface area contributed by atoms with E-state index in [2.05, 4.69) is 42.2 Å². The first-order chi connectivity index (χ1) is 19.8. The van der Waals surface area contributed by atoms with Gasteiger partial charge in [-0.15, -0.1) is 0 Å². The molecule has 1 atom stereocenters. The number of hydrogen-bond donors (Lipinski definition) is 1. The number of fused-ring (bicyclic) bond motifs is 1. The van der Waals surface area contributed by atoms with Crippen LogP contribution in [-0.2, 0) is 0 Å². The van der Waals surface area contributed by atoms with Crippen LogP contribution in [0.3, 0.4) is 0 Å². The molecule has 0 bridgehead atoms. The summed E-state index contributed by atoms with van der Waals surface area (Å²) in [7, 11) is 0. The fraction of sp³-hybridized carbons (Fsp3) is 0.667. The van der Waals surface area contributed by atoms with E-state index in [4.69, 9.17) is 0 Å². The lowest BCUT2D eigenvalue weighted by Gasteiger charge is -2.32. The minimum Gasteiger partial charge on any atom is -1.00 e. The van der Waals surface area contributed by atoms with Gasteiger partial charge >= 0.3 is 0 Å². The molecule has 0 saturated carbocycles. The second-order valence-electron chi connectivity index (χ2n) is 11.7. The van der Waals surface area contributed by atoms with E-state index in [-0.39, 0.29) is 19.0 Å². The number of aliphatic imine (C=N–C) groups is 1. The fourth-order valence-electron chi connectivity index (χ4n) is 5.72. The molecule has 0 amide bonds. The lowest BCUT2D eigenvalue weighted by atomic mass is 10.0. The molecule has 41 heavy (non-hydrogen) atoms. The molecule has 0 fully saturated rings. The number of para-hydroxylation sites is 1. The van der Waals surface area contributed by atoms with Crippen molar-refractivity contribution in [2.24, 2.45) is 4.99 Å². The van der Waals surface area contributed by atoms with Gasteiger partial charge in [0.15, 0.2) is 0 Å². The van der Waals surface area contributed by atoms with E-state index in [1.165, 1.54) is 127 Å². The molecule has 1 aromatic heterocycles. The second-order valence-corrected chi connectivity index (χ2v) is 11.7. The van der Waals surface area contributed by atoms with Gasteiger partial charge in [0, 0.05) is 18.0 Å². The van der Waals surface area contributed by atoms with E-state index in [0.29, 0.717) is 0 Å². The molecule has 2 heterocycles. The lowest BCUT2D eigenvalue weighted by Crippen LogP contribution is -3.00. The Hall–Kier alpha value is -1.75. The fourth-order valence-corrected chi connectivity index (χ4v) is 5.72. The summed E-state index contributed by atoms with van der Waals surface area (Å²) in [6.45, 7) is 6.65. The van der Waals surface area contributed by atoms with Gasteiger partial charge in [0.05, 0.1) is 24.9 Å². The number of benzene rings is 1. The highest BCUT2D eigenvalue weighted by Gasteiger charge is 2.33. The summed E-state index contributed by atoms with van der Waals surface area (Å²) in [6, 6.07) is 12.1. The van der Waals surface area contributed by atoms with Gasteiger partial charge in [0.1, 0.15) is 12.7 Å². The molecule has 0 saturated heterocycles. The summed E-state index contributed by atoms with van der Waals surface area (Å²) in [6.07, 6.45) is 32.1. The summed E-state index contributed by atoms with van der Waals surface area (Å²) in [5.74, 6) is 1.28. The van der Waals surface area contributed by atoms with Gasteiger partial charge in [0.25, 0.3) is 0 Å². The Bertz CT molecular complexity index is 882. The third-order valence-corrected chi connectivity index (χ3v) is 8.27. The van der Waals surface area contributed by atoms with Crippen molar-refractivity contribution in [3.8, 4) is 0 Å². The molecule has 4 nitrogen and oxygen atoms in total. The number of aliphatic hydroxyl groups is 1. The average Bonchev–Trinajstić information content (AvgIpc) is 3.38. The van der Waals surface area contributed by atoms with Crippen molar-refractivity contribution in [3.05, 3.63) is 55.0 Å². The number of halogens is 1. The van der Waals surface area contributed by atoms with Gasteiger partial charge in [-0.1, -0.05) is 141 Å². The maximum Gasteiger partial charge on any atom is 0.207 e. The van der Waals surface area contributed by atoms with E-state index in [1.807, 2.05) is 36.7 Å². The predicted octanol–water partition coefficient (Wildman–Crippen LogP) is 7.37. The van der Waals surface area contributed by atoms with Crippen LogP contribution < -0.4 is 12.4 Å². The van der Waals surface area contributed by atoms with Crippen molar-refractivity contribution >= 4 is 16.7 Å². The molecule has 1 unspecified atom stereocenters. The molecule has 232 valence electrons. The van der Waals surface area contributed by atoms with Crippen LogP contribution in [-0.4, -0.2) is 40.1 Å². The van der Waals surface area contributed by atoms with Crippen LogP contribution in [0.25, 0.3) is 10.9 Å². The highest BCUT2D eigenvalue weighted by atomic mass is 35.5. The molecule has 2 aromatic rings. The van der Waals surface area contributed by atoms with Crippen molar-refractivity contribution in [2.75, 3.05) is 19.7 Å². The predicted molar refractivity (Wildman–Crippen MR) is 174 cm³/mol. The summed E-state index contributed by atoms with van der Waals surface area (Å²) >= 11 is 0. The first-order valence-electron chi connectivity index (χ1n) is 16.8. The van der Waals surface area contributed by atoms with Crippen LogP contribution in [0.5, 0.6) is 0 Å². The Morgan fingerprint density at radius 2 is 1.17 bits per heavy atom. The number of amidine groups is 1. The Morgan fingerprint density at radius 3 is 1.73 bits per heavy atom. The quantitative estimate of drug-likeness (QED) is 0.116. The molecular weight excluding hydrogens is 526 g/mol. The van der Waals surface area contributed by atoms with Crippen molar-refractivity contribution in [2.45, 2.75) is 136 Å². The zero-order chi connectivity index (χ0) is 28.6. The average molecular weight is 586 g/mol. The van der Waals surface area contributed by atoms with Crippen molar-refractivity contribution in [1.82, 2.24) is 4.98 Å². The van der Waals surface area contributed by atoms with E-state index >= 15 is 0 Å². The Morgan fingerprint density at radius 1 is 0.634 bits per heavy atom. The molecule has 1 N–H and O–H groups in total. The lowest BCUT2D eigenvalue weighted by molar-refractivity contribution is -0.788. The normalized spacial score (nSPS) is 15.8. The Kier molecular flexibility index (Phi) is 22.6. The van der Waals surface area contributed by atoms with Gasteiger partial charge < -0.3 is 17.5 Å². The molecule has 0 spiro atoms. The van der Waals surface area contributed by atoms with Crippen LogP contribution in [0.1, 0.15) is 136 Å². The first-order valence-corrected chi connectivity index (χ1v) is 16.8. The Balaban J connectivity index is 0.000000632. The third-order valence-electron chi connectivity index (χ3n) is 8.27. The van der Waals surface area contributed by atoms with Crippen molar-refractivity contribution in [1.29, 1.82) is 0 Å². The second kappa shape index (κ2) is 24.8. The van der Waals surface area contributed by atoms with Gasteiger partial charge in [-0.25, -0.2) is 9.48 Å². The van der Waals surface area contributed by atoms with E-state index in [0.717, 1.165) is 29.5 Å². The monoisotopic (exact) mass is 585 g/mol. The molecule has 5 heteroatoms. The van der Waals surface area contributed by atoms with E-state index in [1.54, 1.807) is 0 Å². The van der Waals surface area contributed by atoms with Gasteiger partial charge in [-0.3, -0.25) is 4.98 Å². The molecule has 0 radical (unpaired) electrons. The van der Waals surface area contributed by atoms with E-state index < -0.39 is 0 Å². The van der Waals surface area contributed by atoms with Crippen LogP contribution in [0.4, 0.5) is 0 Å². The minimum atomic E-state index is 0. The standard InChI is InChI=1S/C27H53N2O.C9H7N.ClH/c1-3-5-7-8-9-10-11-12-13-14-15-16-17-18-19-20-21-27-28-22-24-29(27,25-26-30)23-6-4-2;1-2-6-9-8(4-1)5-3-7-10-9;/h22,24,30H,3-21,23,25-26H2,1-2H3;1-7H;1H/q+1;;/p-1. The van der Waals surface area contributed by atoms with E-state index in [9.17, 15) is 5.11 Å². The third kappa shape index (κ3) is 15.9. The molecule has 1 aliphatic heterocycles. The Labute approximate surface area is 258 Å². The van der Waals surface area contributed by atoms with Crippen molar-refractivity contribution in [3.63, 3.8) is 0 Å². The van der Waals surface area contributed by atoms with Gasteiger partial charge in [0.2, 0.25) is 5.84 Å². The maximum atomic E-state index is 9.52. The molecular formula is C36H60ClN3O. The number of pyridine rings is 1. The number of quaternary nitrogens is 1.